The van der Waals surface area contributed by atoms with E-state index in [-0.39, 0.29) is 6.10 Å². The molecule has 0 radical (unpaired) electrons. The highest BCUT2D eigenvalue weighted by molar-refractivity contribution is 5.42. The molecule has 0 amide bonds. The third-order valence-electron chi connectivity index (χ3n) is 2.32. The summed E-state index contributed by atoms with van der Waals surface area (Å²) in [4.78, 5) is 0. The molecule has 1 unspecified atom stereocenters. The van der Waals surface area contributed by atoms with Crippen LogP contribution >= 0.6 is 0 Å². The molecule has 1 N–H and O–H groups in total. The Morgan fingerprint density at radius 3 is 2.56 bits per heavy atom. The molecule has 3 heteroatoms. The highest BCUT2D eigenvalue weighted by Gasteiger charge is 2.12. The average Bonchev–Trinajstić information content (AvgIpc) is 2.28. The van der Waals surface area contributed by atoms with Gasteiger partial charge < -0.3 is 14.6 Å². The lowest BCUT2D eigenvalue weighted by molar-refractivity contribution is 0.186. The second kappa shape index (κ2) is 5.56. The fraction of sp³-hybridized carbons (Fsp3) is 0.385. The number of benzene rings is 1. The molecule has 0 saturated carbocycles. The average molecular weight is 222 g/mol. The minimum Gasteiger partial charge on any atom is -0.497 e. The number of aliphatic hydroxyl groups is 1. The van der Waals surface area contributed by atoms with Crippen molar-refractivity contribution >= 4 is 0 Å². The Balaban J connectivity index is 3.04. The van der Waals surface area contributed by atoms with Crippen LogP contribution in [0.25, 0.3) is 0 Å². The third kappa shape index (κ3) is 3.00. The molecule has 3 nitrogen and oxygen atoms in total. The molecule has 1 aromatic rings. The van der Waals surface area contributed by atoms with E-state index >= 15 is 0 Å². The first-order valence-corrected chi connectivity index (χ1v) is 5.23. The van der Waals surface area contributed by atoms with Crippen LogP contribution in [-0.2, 0) is 0 Å². The van der Waals surface area contributed by atoms with Crippen molar-refractivity contribution in [2.24, 2.45) is 0 Å². The Labute approximate surface area is 96.3 Å². The number of hydrogen-bond donors (Lipinski definition) is 1. The molecule has 0 heterocycles. The van der Waals surface area contributed by atoms with Crippen LogP contribution in [0.4, 0.5) is 0 Å². The summed E-state index contributed by atoms with van der Waals surface area (Å²) < 4.78 is 10.8. The summed E-state index contributed by atoms with van der Waals surface area (Å²) in [6.45, 7) is 7.24. The van der Waals surface area contributed by atoms with E-state index in [0.717, 1.165) is 5.56 Å². The summed E-state index contributed by atoms with van der Waals surface area (Å²) >= 11 is 0. The van der Waals surface area contributed by atoms with Gasteiger partial charge in [-0.25, -0.2) is 0 Å². The molecule has 16 heavy (non-hydrogen) atoms. The maximum Gasteiger partial charge on any atom is 0.129 e. The highest BCUT2D eigenvalue weighted by Crippen LogP contribution is 2.30. The van der Waals surface area contributed by atoms with Crippen molar-refractivity contribution in [1.29, 1.82) is 0 Å². The topological polar surface area (TPSA) is 38.7 Å². The summed E-state index contributed by atoms with van der Waals surface area (Å²) in [5, 5.41) is 9.61. The van der Waals surface area contributed by atoms with Crippen molar-refractivity contribution in [3.05, 3.63) is 36.4 Å². The highest BCUT2D eigenvalue weighted by atomic mass is 16.5. The fourth-order valence-electron chi connectivity index (χ4n) is 1.34. The molecular weight excluding hydrogens is 204 g/mol. The zero-order chi connectivity index (χ0) is 12.1. The van der Waals surface area contributed by atoms with Gasteiger partial charge in [0.05, 0.1) is 13.2 Å². The van der Waals surface area contributed by atoms with Gasteiger partial charge in [-0.05, 0) is 26.0 Å². The van der Waals surface area contributed by atoms with Crippen molar-refractivity contribution in [3.63, 3.8) is 0 Å². The fourth-order valence-corrected chi connectivity index (χ4v) is 1.34. The van der Waals surface area contributed by atoms with E-state index in [2.05, 4.69) is 6.58 Å². The second-order valence-electron chi connectivity index (χ2n) is 3.64. The zero-order valence-corrected chi connectivity index (χ0v) is 9.93. The third-order valence-corrected chi connectivity index (χ3v) is 2.32. The maximum atomic E-state index is 9.61. The van der Waals surface area contributed by atoms with Crippen LogP contribution < -0.4 is 9.47 Å². The Morgan fingerprint density at radius 2 is 2.06 bits per heavy atom. The molecular formula is C13H18O3. The molecule has 0 aliphatic carbocycles. The van der Waals surface area contributed by atoms with Gasteiger partial charge in [0.1, 0.15) is 17.6 Å². The minimum absolute atomic E-state index is 0.107. The van der Waals surface area contributed by atoms with Gasteiger partial charge in [0, 0.05) is 11.6 Å². The van der Waals surface area contributed by atoms with E-state index < -0.39 is 6.10 Å². The molecule has 1 rings (SSSR count). The van der Waals surface area contributed by atoms with E-state index in [9.17, 15) is 5.11 Å². The molecule has 0 fully saturated rings. The van der Waals surface area contributed by atoms with Gasteiger partial charge in [-0.2, -0.15) is 0 Å². The molecule has 0 aliphatic heterocycles. The Kier molecular flexibility index (Phi) is 4.38. The van der Waals surface area contributed by atoms with E-state index in [4.69, 9.17) is 9.47 Å². The Bertz CT molecular complexity index is 358. The first-order valence-electron chi connectivity index (χ1n) is 5.23. The van der Waals surface area contributed by atoms with E-state index in [1.807, 2.05) is 6.92 Å². The number of rotatable bonds is 5. The molecule has 0 aliphatic rings. The summed E-state index contributed by atoms with van der Waals surface area (Å²) in [5.74, 6) is 1.33. The number of aliphatic hydroxyl groups excluding tert-OH is 1. The lowest BCUT2D eigenvalue weighted by atomic mass is 10.1. The van der Waals surface area contributed by atoms with E-state index in [1.165, 1.54) is 0 Å². The smallest absolute Gasteiger partial charge is 0.129 e. The van der Waals surface area contributed by atoms with Crippen LogP contribution in [0.5, 0.6) is 11.5 Å². The monoisotopic (exact) mass is 222 g/mol. The normalized spacial score (nSPS) is 14.0. The lowest BCUT2D eigenvalue weighted by Crippen LogP contribution is -2.10. The van der Waals surface area contributed by atoms with Gasteiger partial charge in [-0.3, -0.25) is 0 Å². The molecule has 2 atom stereocenters. The molecule has 0 saturated heterocycles. The predicted octanol–water partition coefficient (Wildman–Crippen LogP) is 2.70. The van der Waals surface area contributed by atoms with Gasteiger partial charge in [0.25, 0.3) is 0 Å². The van der Waals surface area contributed by atoms with Crippen LogP contribution in [-0.4, -0.2) is 18.3 Å². The van der Waals surface area contributed by atoms with Crippen LogP contribution in [0, 0.1) is 0 Å². The SMILES string of the molecule is C=CC(C)Oc1cc(OC)ccc1[C@H](C)O. The van der Waals surface area contributed by atoms with Gasteiger partial charge in [-0.1, -0.05) is 12.7 Å². The number of hydrogen-bond acceptors (Lipinski definition) is 3. The predicted molar refractivity (Wildman–Crippen MR) is 63.9 cm³/mol. The van der Waals surface area contributed by atoms with Crippen LogP contribution in [0.1, 0.15) is 25.5 Å². The van der Waals surface area contributed by atoms with E-state index in [0.29, 0.717) is 11.5 Å². The standard InChI is InChI=1S/C13H18O3/c1-5-9(2)16-13-8-11(15-4)6-7-12(13)10(3)14/h5-10,14H,1H2,2-4H3/t9?,10-/m0/s1. The van der Waals surface area contributed by atoms with Gasteiger partial charge in [0.2, 0.25) is 0 Å². The summed E-state index contributed by atoms with van der Waals surface area (Å²) in [7, 11) is 1.60. The Morgan fingerprint density at radius 1 is 1.38 bits per heavy atom. The number of ether oxygens (including phenoxy) is 2. The maximum absolute atomic E-state index is 9.61. The van der Waals surface area contributed by atoms with Crippen LogP contribution in [0.15, 0.2) is 30.9 Å². The molecule has 0 bridgehead atoms. The zero-order valence-electron chi connectivity index (χ0n) is 9.93. The molecule has 88 valence electrons. The van der Waals surface area contributed by atoms with Crippen LogP contribution in [0.3, 0.4) is 0 Å². The van der Waals surface area contributed by atoms with Crippen molar-refractivity contribution in [2.75, 3.05) is 7.11 Å². The van der Waals surface area contributed by atoms with E-state index in [1.54, 1.807) is 38.3 Å². The van der Waals surface area contributed by atoms with Crippen molar-refractivity contribution in [3.8, 4) is 11.5 Å². The quantitative estimate of drug-likeness (QED) is 0.778. The summed E-state index contributed by atoms with van der Waals surface area (Å²) in [6, 6.07) is 5.37. The number of methoxy groups -OCH3 is 1. The molecule has 1 aromatic carbocycles. The Hall–Kier alpha value is -1.48. The largest absolute Gasteiger partial charge is 0.497 e. The van der Waals surface area contributed by atoms with Crippen molar-refractivity contribution < 1.29 is 14.6 Å². The van der Waals surface area contributed by atoms with Gasteiger partial charge in [-0.15, -0.1) is 0 Å². The minimum atomic E-state index is -0.571. The van der Waals surface area contributed by atoms with Crippen molar-refractivity contribution in [2.45, 2.75) is 26.1 Å². The lowest BCUT2D eigenvalue weighted by Gasteiger charge is -2.17. The van der Waals surface area contributed by atoms with Gasteiger partial charge in [0.15, 0.2) is 0 Å². The molecule has 0 spiro atoms. The van der Waals surface area contributed by atoms with Gasteiger partial charge >= 0.3 is 0 Å². The molecule has 0 aromatic heterocycles. The van der Waals surface area contributed by atoms with Crippen molar-refractivity contribution in [1.82, 2.24) is 0 Å². The van der Waals surface area contributed by atoms with Crippen LogP contribution in [0.2, 0.25) is 0 Å². The first kappa shape index (κ1) is 12.6. The summed E-state index contributed by atoms with van der Waals surface area (Å²) in [5.41, 5.74) is 0.745. The first-order chi connectivity index (χ1) is 7.58. The summed E-state index contributed by atoms with van der Waals surface area (Å²) in [6.07, 6.45) is 1.02. The second-order valence-corrected chi connectivity index (χ2v) is 3.64.